The number of carbonyl (C=O) groups excluding carboxylic acids is 1. The fraction of sp³-hybridized carbons (Fsp3) is 0. The highest BCUT2D eigenvalue weighted by molar-refractivity contribution is 6.06. The Kier molecular flexibility index (Phi) is 2.82. The lowest BCUT2D eigenvalue weighted by Gasteiger charge is -2.05. The molecule has 1 amide bonds. The van der Waals surface area contributed by atoms with Crippen LogP contribution in [-0.4, -0.2) is 32.2 Å². The molecule has 2 rings (SSSR count). The molecule has 0 saturated heterocycles. The van der Waals surface area contributed by atoms with Gasteiger partial charge in [0.15, 0.2) is 0 Å². The highest BCUT2D eigenvalue weighted by Crippen LogP contribution is 2.14. The summed E-state index contributed by atoms with van der Waals surface area (Å²) in [4.78, 5) is 26.3. The van der Waals surface area contributed by atoms with Crippen molar-refractivity contribution < 1.29 is 14.7 Å². The quantitative estimate of drug-likeness (QED) is 0.723. The number of aromatic amines is 1. The van der Waals surface area contributed by atoms with Crippen LogP contribution >= 0.6 is 0 Å². The van der Waals surface area contributed by atoms with Crippen molar-refractivity contribution in [2.75, 3.05) is 5.32 Å². The fourth-order valence-corrected chi connectivity index (χ4v) is 1.25. The second kappa shape index (κ2) is 4.44. The van der Waals surface area contributed by atoms with E-state index in [1.165, 1.54) is 30.7 Å². The SMILES string of the molecule is O=C(Nc1cnccc1C(=O)O)c1ccn[nH]1. The van der Waals surface area contributed by atoms with Gasteiger partial charge in [0.05, 0.1) is 17.4 Å². The van der Waals surface area contributed by atoms with Crippen molar-refractivity contribution in [3.05, 3.63) is 42.0 Å². The Bertz CT molecular complexity index is 550. The van der Waals surface area contributed by atoms with Crippen LogP contribution in [0.3, 0.4) is 0 Å². The van der Waals surface area contributed by atoms with Gasteiger partial charge in [0.25, 0.3) is 5.91 Å². The van der Waals surface area contributed by atoms with Crippen LogP contribution in [0, 0.1) is 0 Å². The van der Waals surface area contributed by atoms with Crippen LogP contribution in [0.1, 0.15) is 20.8 Å². The molecule has 0 unspecified atom stereocenters. The fourth-order valence-electron chi connectivity index (χ4n) is 1.25. The maximum Gasteiger partial charge on any atom is 0.337 e. The summed E-state index contributed by atoms with van der Waals surface area (Å²) in [5.41, 5.74) is 0.359. The number of hydrogen-bond donors (Lipinski definition) is 3. The first-order valence-electron chi connectivity index (χ1n) is 4.66. The summed E-state index contributed by atoms with van der Waals surface area (Å²) >= 11 is 0. The standard InChI is InChI=1S/C10H8N4O3/c15-9(7-2-4-12-14-7)13-8-5-11-3-1-6(8)10(16)17/h1-5H,(H,12,14)(H,13,15)(H,16,17). The summed E-state index contributed by atoms with van der Waals surface area (Å²) in [6, 6.07) is 2.79. The van der Waals surface area contributed by atoms with Gasteiger partial charge in [-0.1, -0.05) is 0 Å². The van der Waals surface area contributed by atoms with E-state index >= 15 is 0 Å². The lowest BCUT2D eigenvalue weighted by molar-refractivity contribution is 0.0698. The van der Waals surface area contributed by atoms with Gasteiger partial charge < -0.3 is 10.4 Å². The first-order chi connectivity index (χ1) is 8.18. The number of nitrogens with zero attached hydrogens (tertiary/aromatic N) is 2. The molecule has 0 aliphatic carbocycles. The molecule has 0 atom stereocenters. The first kappa shape index (κ1) is 10.8. The zero-order valence-corrected chi connectivity index (χ0v) is 8.54. The van der Waals surface area contributed by atoms with Gasteiger partial charge in [0.2, 0.25) is 0 Å². The number of amides is 1. The van der Waals surface area contributed by atoms with E-state index in [0.717, 1.165) is 0 Å². The zero-order chi connectivity index (χ0) is 12.3. The van der Waals surface area contributed by atoms with E-state index in [9.17, 15) is 9.59 Å². The summed E-state index contributed by atoms with van der Waals surface area (Å²) < 4.78 is 0. The van der Waals surface area contributed by atoms with E-state index in [-0.39, 0.29) is 16.9 Å². The molecule has 0 saturated carbocycles. The second-order valence-corrected chi connectivity index (χ2v) is 3.15. The number of rotatable bonds is 3. The average molecular weight is 232 g/mol. The highest BCUT2D eigenvalue weighted by atomic mass is 16.4. The third-order valence-electron chi connectivity index (χ3n) is 2.05. The third kappa shape index (κ3) is 2.28. The molecule has 0 aromatic carbocycles. The molecule has 3 N–H and O–H groups in total. The van der Waals surface area contributed by atoms with E-state index in [0.29, 0.717) is 0 Å². The molecule has 2 aromatic heterocycles. The summed E-state index contributed by atoms with van der Waals surface area (Å²) in [7, 11) is 0. The minimum absolute atomic E-state index is 0.0205. The predicted octanol–water partition coefficient (Wildman–Crippen LogP) is 0.755. The molecule has 86 valence electrons. The van der Waals surface area contributed by atoms with Gasteiger partial charge in [-0.25, -0.2) is 4.79 Å². The van der Waals surface area contributed by atoms with Crippen LogP contribution in [0.25, 0.3) is 0 Å². The van der Waals surface area contributed by atoms with Crippen LogP contribution < -0.4 is 5.32 Å². The van der Waals surface area contributed by atoms with Gasteiger partial charge in [-0.3, -0.25) is 14.9 Å². The number of pyridine rings is 1. The Hall–Kier alpha value is -2.70. The zero-order valence-electron chi connectivity index (χ0n) is 8.54. The second-order valence-electron chi connectivity index (χ2n) is 3.15. The molecule has 0 spiro atoms. The smallest absolute Gasteiger partial charge is 0.337 e. The Labute approximate surface area is 95.5 Å². The summed E-state index contributed by atoms with van der Waals surface area (Å²) in [5.74, 6) is -1.61. The molecule has 17 heavy (non-hydrogen) atoms. The maximum atomic E-state index is 11.6. The lowest BCUT2D eigenvalue weighted by Crippen LogP contribution is -2.15. The summed E-state index contributed by atoms with van der Waals surface area (Å²) in [6.45, 7) is 0. The number of carbonyl (C=O) groups is 2. The average Bonchev–Trinajstić information content (AvgIpc) is 2.83. The van der Waals surface area contributed by atoms with Crippen molar-refractivity contribution in [3.63, 3.8) is 0 Å². The van der Waals surface area contributed by atoms with E-state index < -0.39 is 11.9 Å². The van der Waals surface area contributed by atoms with Gasteiger partial charge in [-0.05, 0) is 12.1 Å². The summed E-state index contributed by atoms with van der Waals surface area (Å²) in [5, 5.41) is 17.5. The minimum atomic E-state index is -1.13. The largest absolute Gasteiger partial charge is 0.478 e. The molecule has 0 bridgehead atoms. The van der Waals surface area contributed by atoms with Crippen molar-refractivity contribution in [2.24, 2.45) is 0 Å². The van der Waals surface area contributed by atoms with Gasteiger partial charge in [-0.15, -0.1) is 0 Å². The van der Waals surface area contributed by atoms with E-state index in [1.54, 1.807) is 0 Å². The van der Waals surface area contributed by atoms with E-state index in [1.807, 2.05) is 0 Å². The molecule has 0 fully saturated rings. The first-order valence-corrected chi connectivity index (χ1v) is 4.66. The lowest BCUT2D eigenvalue weighted by atomic mass is 10.2. The van der Waals surface area contributed by atoms with Crippen molar-refractivity contribution in [2.45, 2.75) is 0 Å². The number of aromatic nitrogens is 3. The van der Waals surface area contributed by atoms with Crippen molar-refractivity contribution in [1.82, 2.24) is 15.2 Å². The Morgan fingerprint density at radius 3 is 2.76 bits per heavy atom. The maximum absolute atomic E-state index is 11.6. The van der Waals surface area contributed by atoms with Crippen LogP contribution in [0.2, 0.25) is 0 Å². The predicted molar refractivity (Wildman–Crippen MR) is 57.7 cm³/mol. The van der Waals surface area contributed by atoms with E-state index in [4.69, 9.17) is 5.11 Å². The van der Waals surface area contributed by atoms with Gasteiger partial charge in [0.1, 0.15) is 5.69 Å². The molecule has 2 aromatic rings. The highest BCUT2D eigenvalue weighted by Gasteiger charge is 2.13. The van der Waals surface area contributed by atoms with Crippen LogP contribution in [-0.2, 0) is 0 Å². The monoisotopic (exact) mass is 232 g/mol. The van der Waals surface area contributed by atoms with Crippen LogP contribution in [0.15, 0.2) is 30.7 Å². The van der Waals surface area contributed by atoms with Crippen molar-refractivity contribution in [1.29, 1.82) is 0 Å². The molecule has 7 nitrogen and oxygen atoms in total. The van der Waals surface area contributed by atoms with Crippen LogP contribution in [0.5, 0.6) is 0 Å². The molecule has 0 aliphatic rings. The number of anilines is 1. The number of carboxylic acids is 1. The number of H-pyrrole nitrogens is 1. The number of carboxylic acid groups (broad SMARTS) is 1. The van der Waals surface area contributed by atoms with Gasteiger partial charge in [-0.2, -0.15) is 5.10 Å². The Balaban J connectivity index is 2.25. The molecular formula is C10H8N4O3. The topological polar surface area (TPSA) is 108 Å². The number of nitrogens with one attached hydrogen (secondary N) is 2. The van der Waals surface area contributed by atoms with Crippen molar-refractivity contribution >= 4 is 17.6 Å². The van der Waals surface area contributed by atoms with Gasteiger partial charge in [0, 0.05) is 12.4 Å². The minimum Gasteiger partial charge on any atom is -0.478 e. The normalized spacial score (nSPS) is 9.88. The Morgan fingerprint density at radius 1 is 1.29 bits per heavy atom. The molecular weight excluding hydrogens is 224 g/mol. The molecule has 2 heterocycles. The third-order valence-corrected chi connectivity index (χ3v) is 2.05. The summed E-state index contributed by atoms with van der Waals surface area (Å²) in [6.07, 6.45) is 4.04. The van der Waals surface area contributed by atoms with E-state index in [2.05, 4.69) is 20.5 Å². The van der Waals surface area contributed by atoms with Crippen molar-refractivity contribution in [3.8, 4) is 0 Å². The number of aromatic carboxylic acids is 1. The molecule has 0 radical (unpaired) electrons. The Morgan fingerprint density at radius 2 is 2.12 bits per heavy atom. The van der Waals surface area contributed by atoms with Gasteiger partial charge >= 0.3 is 5.97 Å². The number of hydrogen-bond acceptors (Lipinski definition) is 4. The van der Waals surface area contributed by atoms with Crippen LogP contribution in [0.4, 0.5) is 5.69 Å². The molecule has 0 aliphatic heterocycles. The molecule has 7 heteroatoms.